The lowest BCUT2D eigenvalue weighted by Gasteiger charge is -2.12. The molecule has 0 aliphatic heterocycles. The molecule has 0 atom stereocenters. The summed E-state index contributed by atoms with van der Waals surface area (Å²) in [6.45, 7) is 2.06. The van der Waals surface area contributed by atoms with E-state index in [1.807, 2.05) is 12.1 Å². The lowest BCUT2D eigenvalue weighted by Crippen LogP contribution is -2.36. The summed E-state index contributed by atoms with van der Waals surface area (Å²) in [4.78, 5) is 32.3. The van der Waals surface area contributed by atoms with Gasteiger partial charge in [0.25, 0.3) is 5.91 Å². The molecule has 7 nitrogen and oxygen atoms in total. The third-order valence-electron chi connectivity index (χ3n) is 4.20. The van der Waals surface area contributed by atoms with E-state index < -0.39 is 5.82 Å². The number of rotatable bonds is 6. The molecule has 1 aromatic heterocycles. The number of pyridine rings is 1. The molecule has 0 unspecified atom stereocenters. The van der Waals surface area contributed by atoms with Gasteiger partial charge in [0.05, 0.1) is 12.2 Å². The Morgan fingerprint density at radius 3 is 2.52 bits per heavy atom. The number of amides is 2. The molecule has 31 heavy (non-hydrogen) atoms. The Labute approximate surface area is 179 Å². The molecule has 8 heteroatoms. The van der Waals surface area contributed by atoms with E-state index in [2.05, 4.69) is 25.9 Å². The molecule has 2 aromatic carbocycles. The monoisotopic (exact) mass is 419 g/mol. The Morgan fingerprint density at radius 2 is 1.84 bits per heavy atom. The normalized spacial score (nSPS) is 11.0. The summed E-state index contributed by atoms with van der Waals surface area (Å²) < 4.78 is 13.5. The summed E-state index contributed by atoms with van der Waals surface area (Å²) in [5.74, 6) is -0.743. The Morgan fingerprint density at radius 1 is 1.03 bits per heavy atom. The Hall–Kier alpha value is -4.07. The van der Waals surface area contributed by atoms with E-state index in [0.29, 0.717) is 17.8 Å². The molecule has 0 bridgehead atoms. The first-order valence-electron chi connectivity index (χ1n) is 9.61. The quantitative estimate of drug-likeness (QED) is 0.422. The molecular weight excluding hydrogens is 397 g/mol. The van der Waals surface area contributed by atoms with Gasteiger partial charge in [0.1, 0.15) is 5.82 Å². The number of hydrogen-bond donors (Lipinski definition) is 3. The van der Waals surface area contributed by atoms with Crippen LogP contribution in [0.2, 0.25) is 0 Å². The minimum Gasteiger partial charge on any atom is -0.352 e. The fourth-order valence-electron chi connectivity index (χ4n) is 2.65. The summed E-state index contributed by atoms with van der Waals surface area (Å²) in [6.07, 6.45) is 1.66. The summed E-state index contributed by atoms with van der Waals surface area (Å²) in [7, 11) is 0. The number of nitrogens with zero attached hydrogens (tertiary/aromatic N) is 2. The van der Waals surface area contributed by atoms with Gasteiger partial charge in [-0.2, -0.15) is 0 Å². The van der Waals surface area contributed by atoms with Crippen LogP contribution >= 0.6 is 0 Å². The number of halogens is 1. The predicted molar refractivity (Wildman–Crippen MR) is 117 cm³/mol. The number of carbonyl (C=O) groups is 2. The van der Waals surface area contributed by atoms with Gasteiger partial charge in [-0.25, -0.2) is 9.38 Å². The average Bonchev–Trinajstić information content (AvgIpc) is 2.77. The van der Waals surface area contributed by atoms with Gasteiger partial charge in [-0.3, -0.25) is 19.9 Å². The van der Waals surface area contributed by atoms with Gasteiger partial charge in [-0.1, -0.05) is 24.3 Å². The van der Waals surface area contributed by atoms with Gasteiger partial charge in [0, 0.05) is 30.9 Å². The number of aromatic nitrogens is 1. The summed E-state index contributed by atoms with van der Waals surface area (Å²) in [5.41, 5.74) is 2.45. The van der Waals surface area contributed by atoms with Crippen molar-refractivity contribution >= 4 is 23.5 Å². The standard InChI is InChI=1S/C23H22FN5O2/c1-16(30)26-14-17-8-10-18(11-9-17)22(31)29-23(27-15-21-6-2-3-12-25-21)28-20-7-4-5-19(24)13-20/h2-13H,14-15H2,1H3,(H,26,30)(H2,27,28,29,31). The van der Waals surface area contributed by atoms with Crippen LogP contribution < -0.4 is 16.0 Å². The number of aliphatic imine (C=N–C) groups is 1. The SMILES string of the molecule is CC(=O)NCc1ccc(C(=O)NC(=NCc2ccccn2)Nc2cccc(F)c2)cc1. The van der Waals surface area contributed by atoms with E-state index in [1.165, 1.54) is 19.1 Å². The van der Waals surface area contributed by atoms with E-state index in [9.17, 15) is 14.0 Å². The second-order valence-electron chi connectivity index (χ2n) is 6.68. The molecule has 3 N–H and O–H groups in total. The minimum absolute atomic E-state index is 0.126. The molecule has 158 valence electrons. The van der Waals surface area contributed by atoms with Gasteiger partial charge in [-0.05, 0) is 48.0 Å². The van der Waals surface area contributed by atoms with Crippen LogP contribution in [0.3, 0.4) is 0 Å². The van der Waals surface area contributed by atoms with Crippen molar-refractivity contribution in [2.24, 2.45) is 4.99 Å². The van der Waals surface area contributed by atoms with Gasteiger partial charge in [-0.15, -0.1) is 0 Å². The van der Waals surface area contributed by atoms with E-state index in [-0.39, 0.29) is 24.3 Å². The molecule has 2 amide bonds. The molecule has 0 aliphatic rings. The maximum Gasteiger partial charge on any atom is 0.257 e. The molecule has 0 saturated carbocycles. The van der Waals surface area contributed by atoms with Crippen molar-refractivity contribution in [3.8, 4) is 0 Å². The van der Waals surface area contributed by atoms with Crippen molar-refractivity contribution in [3.05, 3.63) is 95.6 Å². The molecule has 0 saturated heterocycles. The minimum atomic E-state index is -0.407. The smallest absolute Gasteiger partial charge is 0.257 e. The van der Waals surface area contributed by atoms with Crippen LogP contribution in [0.4, 0.5) is 10.1 Å². The fourth-order valence-corrected chi connectivity index (χ4v) is 2.65. The molecule has 0 spiro atoms. The summed E-state index contributed by atoms with van der Waals surface area (Å²) in [5, 5.41) is 8.36. The zero-order chi connectivity index (χ0) is 22.1. The van der Waals surface area contributed by atoms with Crippen molar-refractivity contribution in [2.75, 3.05) is 5.32 Å². The van der Waals surface area contributed by atoms with Crippen molar-refractivity contribution in [3.63, 3.8) is 0 Å². The summed E-state index contributed by atoms with van der Waals surface area (Å²) in [6, 6.07) is 18.2. The maximum atomic E-state index is 13.5. The van der Waals surface area contributed by atoms with Crippen LogP contribution in [0.5, 0.6) is 0 Å². The topological polar surface area (TPSA) is 95.5 Å². The van der Waals surface area contributed by atoms with Gasteiger partial charge >= 0.3 is 0 Å². The van der Waals surface area contributed by atoms with Crippen LogP contribution in [0.25, 0.3) is 0 Å². The van der Waals surface area contributed by atoms with Crippen LogP contribution in [0.15, 0.2) is 77.9 Å². The average molecular weight is 419 g/mol. The number of carbonyl (C=O) groups excluding carboxylic acids is 2. The first-order chi connectivity index (χ1) is 15.0. The Balaban J connectivity index is 1.73. The number of benzene rings is 2. The second-order valence-corrected chi connectivity index (χ2v) is 6.68. The maximum absolute atomic E-state index is 13.5. The first-order valence-corrected chi connectivity index (χ1v) is 9.61. The molecule has 1 heterocycles. The van der Waals surface area contributed by atoms with Crippen LogP contribution in [0.1, 0.15) is 28.5 Å². The first kappa shape index (κ1) is 21.6. The van der Waals surface area contributed by atoms with Gasteiger partial charge in [0.2, 0.25) is 11.9 Å². The largest absolute Gasteiger partial charge is 0.352 e. The summed E-state index contributed by atoms with van der Waals surface area (Å²) >= 11 is 0. The Bertz CT molecular complexity index is 1070. The van der Waals surface area contributed by atoms with Crippen molar-refractivity contribution in [2.45, 2.75) is 20.0 Å². The third-order valence-corrected chi connectivity index (χ3v) is 4.20. The highest BCUT2D eigenvalue weighted by Crippen LogP contribution is 2.10. The number of anilines is 1. The van der Waals surface area contributed by atoms with Crippen LogP contribution in [-0.2, 0) is 17.9 Å². The predicted octanol–water partition coefficient (Wildman–Crippen LogP) is 3.25. The fraction of sp³-hybridized carbons (Fsp3) is 0.130. The molecule has 0 aliphatic carbocycles. The number of nitrogens with one attached hydrogen (secondary N) is 3. The highest BCUT2D eigenvalue weighted by Gasteiger charge is 2.10. The van der Waals surface area contributed by atoms with Crippen LogP contribution in [0, 0.1) is 5.82 Å². The zero-order valence-corrected chi connectivity index (χ0v) is 16.9. The van der Waals surface area contributed by atoms with Gasteiger partial charge < -0.3 is 10.6 Å². The molecule has 3 aromatic rings. The van der Waals surface area contributed by atoms with Crippen molar-refractivity contribution in [1.82, 2.24) is 15.6 Å². The molecule has 3 rings (SSSR count). The van der Waals surface area contributed by atoms with E-state index in [0.717, 1.165) is 11.3 Å². The van der Waals surface area contributed by atoms with E-state index in [1.54, 1.807) is 48.7 Å². The lowest BCUT2D eigenvalue weighted by molar-refractivity contribution is -0.119. The number of hydrogen-bond acceptors (Lipinski definition) is 4. The highest BCUT2D eigenvalue weighted by molar-refractivity contribution is 6.09. The van der Waals surface area contributed by atoms with E-state index >= 15 is 0 Å². The van der Waals surface area contributed by atoms with Crippen molar-refractivity contribution in [1.29, 1.82) is 0 Å². The lowest BCUT2D eigenvalue weighted by atomic mass is 10.1. The zero-order valence-electron chi connectivity index (χ0n) is 16.9. The second kappa shape index (κ2) is 10.6. The van der Waals surface area contributed by atoms with Gasteiger partial charge in [0.15, 0.2) is 0 Å². The molecular formula is C23H22FN5O2. The molecule has 0 radical (unpaired) electrons. The number of guanidine groups is 1. The highest BCUT2D eigenvalue weighted by atomic mass is 19.1. The third kappa shape index (κ3) is 7.04. The molecule has 0 fully saturated rings. The van der Waals surface area contributed by atoms with Crippen LogP contribution in [-0.4, -0.2) is 22.8 Å². The Kier molecular flexibility index (Phi) is 7.42. The van der Waals surface area contributed by atoms with Crippen molar-refractivity contribution < 1.29 is 14.0 Å². The van der Waals surface area contributed by atoms with E-state index in [4.69, 9.17) is 0 Å².